The molecular formula is C20H16Cl3F3N4O2S. The molecule has 2 aromatic carbocycles. The normalized spacial score (nSPS) is 14.1. The minimum atomic E-state index is -4.89. The molecule has 0 radical (unpaired) electrons. The average Bonchev–Trinajstić information content (AvgIpc) is 2.74. The van der Waals surface area contributed by atoms with Gasteiger partial charge in [-0.1, -0.05) is 34.8 Å². The number of anilines is 2. The van der Waals surface area contributed by atoms with Crippen LogP contribution < -0.4 is 15.5 Å². The number of nitrogens with zero attached hydrogens (tertiary/aromatic N) is 2. The van der Waals surface area contributed by atoms with Gasteiger partial charge in [0.05, 0.1) is 21.3 Å². The number of benzene rings is 2. The quantitative estimate of drug-likeness (QED) is 0.539. The molecule has 1 saturated heterocycles. The molecule has 2 amide bonds. The van der Waals surface area contributed by atoms with Crippen LogP contribution in [0.5, 0.6) is 0 Å². The zero-order valence-electron chi connectivity index (χ0n) is 16.7. The number of carbonyl (C=O) groups excluding carboxylic acids is 2. The first-order valence-corrected chi connectivity index (χ1v) is 11.0. The number of alkyl halides is 3. The lowest BCUT2D eigenvalue weighted by atomic mass is 10.2. The molecule has 1 fully saturated rings. The first kappa shape index (κ1) is 25.4. The van der Waals surface area contributed by atoms with E-state index in [1.54, 1.807) is 29.2 Å². The molecule has 13 heteroatoms. The standard InChI is InChI=1S/C20H16Cl3F3N4O2S/c21-11-1-3-14(22)13(9-11)17(31)28-19(33)27-12-2-4-16(15(23)10-12)29-5-7-30(8-6-29)18(32)20(24,25)26/h1-4,9-10H,5-8H2,(H2,27,28,31,33). The van der Waals surface area contributed by atoms with Gasteiger partial charge in [-0.3, -0.25) is 14.9 Å². The molecule has 0 saturated carbocycles. The van der Waals surface area contributed by atoms with Crippen LogP contribution >= 0.6 is 47.0 Å². The number of halogens is 6. The fourth-order valence-electron chi connectivity index (χ4n) is 3.18. The van der Waals surface area contributed by atoms with Crippen molar-refractivity contribution >= 4 is 75.3 Å². The first-order chi connectivity index (χ1) is 15.5. The van der Waals surface area contributed by atoms with E-state index < -0.39 is 18.0 Å². The summed E-state index contributed by atoms with van der Waals surface area (Å²) >= 11 is 23.4. The van der Waals surface area contributed by atoms with Crippen molar-refractivity contribution in [1.82, 2.24) is 10.2 Å². The molecule has 0 aliphatic carbocycles. The molecule has 0 atom stereocenters. The average molecular weight is 540 g/mol. The van der Waals surface area contributed by atoms with Crippen molar-refractivity contribution in [3.63, 3.8) is 0 Å². The second-order valence-electron chi connectivity index (χ2n) is 6.98. The number of rotatable bonds is 3. The fraction of sp³-hybridized carbons (Fsp3) is 0.250. The summed E-state index contributed by atoms with van der Waals surface area (Å²) in [5.74, 6) is -2.39. The van der Waals surface area contributed by atoms with E-state index in [4.69, 9.17) is 47.0 Å². The summed E-state index contributed by atoms with van der Waals surface area (Å²) in [6, 6.07) is 9.34. The Labute approximate surface area is 207 Å². The second kappa shape index (κ2) is 10.3. The molecule has 3 rings (SSSR count). The maximum absolute atomic E-state index is 12.6. The lowest BCUT2D eigenvalue weighted by Gasteiger charge is -2.36. The predicted molar refractivity (Wildman–Crippen MR) is 126 cm³/mol. The third-order valence-corrected chi connectivity index (χ3v) is 5.83. The topological polar surface area (TPSA) is 64.7 Å². The van der Waals surface area contributed by atoms with E-state index in [0.29, 0.717) is 21.4 Å². The second-order valence-corrected chi connectivity index (χ2v) is 8.63. The number of nitrogens with one attached hydrogen (secondary N) is 2. The molecule has 1 heterocycles. The minimum absolute atomic E-state index is 0.000800. The molecule has 2 aromatic rings. The maximum Gasteiger partial charge on any atom is 0.471 e. The summed E-state index contributed by atoms with van der Waals surface area (Å²) in [7, 11) is 0. The summed E-state index contributed by atoms with van der Waals surface area (Å²) in [6.45, 7) is 0.250. The number of amides is 2. The fourth-order valence-corrected chi connectivity index (χ4v) is 4.06. The van der Waals surface area contributed by atoms with Crippen LogP contribution in [-0.4, -0.2) is 54.2 Å². The largest absolute Gasteiger partial charge is 0.471 e. The van der Waals surface area contributed by atoms with Crippen molar-refractivity contribution in [2.24, 2.45) is 0 Å². The Hall–Kier alpha value is -2.27. The van der Waals surface area contributed by atoms with Gasteiger partial charge in [-0.05, 0) is 48.6 Å². The Morgan fingerprint density at radius 1 is 0.939 bits per heavy atom. The Morgan fingerprint density at radius 2 is 1.61 bits per heavy atom. The lowest BCUT2D eigenvalue weighted by Crippen LogP contribution is -2.52. The Kier molecular flexibility index (Phi) is 7.94. The number of piperazine rings is 1. The highest BCUT2D eigenvalue weighted by molar-refractivity contribution is 7.80. The molecule has 0 unspecified atom stereocenters. The number of hydrogen-bond donors (Lipinski definition) is 2. The van der Waals surface area contributed by atoms with Gasteiger partial charge < -0.3 is 15.1 Å². The predicted octanol–water partition coefficient (Wildman–Crippen LogP) is 4.98. The molecule has 1 aliphatic rings. The van der Waals surface area contributed by atoms with Crippen LogP contribution in [0.1, 0.15) is 10.4 Å². The lowest BCUT2D eigenvalue weighted by molar-refractivity contribution is -0.185. The van der Waals surface area contributed by atoms with Gasteiger partial charge in [0.15, 0.2) is 5.11 Å². The van der Waals surface area contributed by atoms with Crippen LogP contribution in [0.25, 0.3) is 0 Å². The Balaban J connectivity index is 1.59. The molecule has 33 heavy (non-hydrogen) atoms. The third kappa shape index (κ3) is 6.41. The Bertz CT molecular complexity index is 1090. The third-order valence-electron chi connectivity index (χ3n) is 4.76. The van der Waals surface area contributed by atoms with Crippen molar-refractivity contribution in [2.45, 2.75) is 6.18 Å². The molecule has 176 valence electrons. The van der Waals surface area contributed by atoms with Crippen molar-refractivity contribution < 1.29 is 22.8 Å². The highest BCUT2D eigenvalue weighted by atomic mass is 35.5. The molecular weight excluding hydrogens is 524 g/mol. The van der Waals surface area contributed by atoms with Crippen molar-refractivity contribution in [3.8, 4) is 0 Å². The summed E-state index contributed by atoms with van der Waals surface area (Å²) in [5.41, 5.74) is 1.24. The van der Waals surface area contributed by atoms with Crippen LogP contribution in [0.2, 0.25) is 15.1 Å². The number of thiocarbonyl (C=S) groups is 1. The van der Waals surface area contributed by atoms with Gasteiger partial charge in [-0.25, -0.2) is 0 Å². The molecule has 1 aliphatic heterocycles. The van der Waals surface area contributed by atoms with Crippen molar-refractivity contribution in [2.75, 3.05) is 36.4 Å². The highest BCUT2D eigenvalue weighted by Crippen LogP contribution is 2.30. The van der Waals surface area contributed by atoms with E-state index in [2.05, 4.69) is 10.6 Å². The monoisotopic (exact) mass is 538 g/mol. The number of hydrogen-bond acceptors (Lipinski definition) is 4. The van der Waals surface area contributed by atoms with E-state index in [-0.39, 0.29) is 41.9 Å². The van der Waals surface area contributed by atoms with E-state index in [0.717, 1.165) is 4.90 Å². The van der Waals surface area contributed by atoms with Gasteiger partial charge >= 0.3 is 12.1 Å². The van der Waals surface area contributed by atoms with Gasteiger partial charge in [0.25, 0.3) is 5.91 Å². The summed E-state index contributed by atoms with van der Waals surface area (Å²) in [4.78, 5) is 26.3. The molecule has 0 bridgehead atoms. The summed E-state index contributed by atoms with van der Waals surface area (Å²) in [6.07, 6.45) is -4.89. The summed E-state index contributed by atoms with van der Waals surface area (Å²) < 4.78 is 37.8. The summed E-state index contributed by atoms with van der Waals surface area (Å²) in [5, 5.41) is 6.20. The van der Waals surface area contributed by atoms with Crippen LogP contribution in [-0.2, 0) is 4.79 Å². The van der Waals surface area contributed by atoms with Crippen molar-refractivity contribution in [1.29, 1.82) is 0 Å². The zero-order chi connectivity index (χ0) is 24.3. The SMILES string of the molecule is O=C(NC(=S)Nc1ccc(N2CCN(C(=O)C(F)(F)F)CC2)c(Cl)c1)c1cc(Cl)ccc1Cl. The van der Waals surface area contributed by atoms with Gasteiger partial charge in [0.1, 0.15) is 0 Å². The van der Waals surface area contributed by atoms with Crippen LogP contribution in [0, 0.1) is 0 Å². The van der Waals surface area contributed by atoms with Crippen LogP contribution in [0.4, 0.5) is 24.5 Å². The first-order valence-electron chi connectivity index (χ1n) is 9.43. The molecule has 6 nitrogen and oxygen atoms in total. The van der Waals surface area contributed by atoms with E-state index in [9.17, 15) is 22.8 Å². The minimum Gasteiger partial charge on any atom is -0.367 e. The van der Waals surface area contributed by atoms with E-state index in [1.807, 2.05) is 0 Å². The van der Waals surface area contributed by atoms with Gasteiger partial charge in [-0.15, -0.1) is 0 Å². The van der Waals surface area contributed by atoms with Gasteiger partial charge in [-0.2, -0.15) is 13.2 Å². The highest BCUT2D eigenvalue weighted by Gasteiger charge is 2.43. The van der Waals surface area contributed by atoms with Crippen molar-refractivity contribution in [3.05, 3.63) is 57.0 Å². The molecule has 0 aromatic heterocycles. The maximum atomic E-state index is 12.6. The zero-order valence-corrected chi connectivity index (χ0v) is 19.8. The van der Waals surface area contributed by atoms with Gasteiger partial charge in [0, 0.05) is 36.9 Å². The van der Waals surface area contributed by atoms with Crippen LogP contribution in [0.15, 0.2) is 36.4 Å². The molecule has 2 N–H and O–H groups in total. The van der Waals surface area contributed by atoms with E-state index in [1.165, 1.54) is 12.1 Å². The molecule has 0 spiro atoms. The van der Waals surface area contributed by atoms with E-state index >= 15 is 0 Å². The van der Waals surface area contributed by atoms with Crippen LogP contribution in [0.3, 0.4) is 0 Å². The smallest absolute Gasteiger partial charge is 0.367 e. The number of carbonyl (C=O) groups is 2. The van der Waals surface area contributed by atoms with Gasteiger partial charge in [0.2, 0.25) is 0 Å². The Morgan fingerprint density at radius 3 is 2.21 bits per heavy atom.